The van der Waals surface area contributed by atoms with Gasteiger partial charge in [0, 0.05) is 0 Å². The van der Waals surface area contributed by atoms with E-state index in [1.807, 2.05) is 6.92 Å². The smallest absolute Gasteiger partial charge is 0.384 e. The fraction of sp³-hybridized carbons (Fsp3) is 0.579. The Bertz CT molecular complexity index is 517. The highest BCUT2D eigenvalue weighted by atomic mass is 31.3. The van der Waals surface area contributed by atoms with Crippen LogP contribution in [0.2, 0.25) is 0 Å². The molecule has 27 heavy (non-hydrogen) atoms. The van der Waals surface area contributed by atoms with Gasteiger partial charge in [0.1, 0.15) is 0 Å². The fourth-order valence-corrected chi connectivity index (χ4v) is 3.24. The van der Waals surface area contributed by atoms with Gasteiger partial charge in [0.15, 0.2) is 0 Å². The Morgan fingerprint density at radius 2 is 1.48 bits per heavy atom. The third-order valence-corrected chi connectivity index (χ3v) is 5.36. The first kappa shape index (κ1) is 26.6. The quantitative estimate of drug-likeness (QED) is 0.207. The van der Waals surface area contributed by atoms with Gasteiger partial charge in [-0.05, 0) is 66.2 Å². The van der Waals surface area contributed by atoms with Crippen LogP contribution < -0.4 is 4.89 Å². The van der Waals surface area contributed by atoms with Gasteiger partial charge >= 0.3 is 16.8 Å². The van der Waals surface area contributed by atoms with E-state index in [-0.39, 0.29) is 6.61 Å². The average molecular weight is 420 g/mol. The predicted molar refractivity (Wildman–Crippen MR) is 111 cm³/mol. The van der Waals surface area contributed by atoms with E-state index in [0.717, 1.165) is 44.1 Å². The second-order valence-corrected chi connectivity index (χ2v) is 8.98. The van der Waals surface area contributed by atoms with Crippen LogP contribution in [0.3, 0.4) is 0 Å². The van der Waals surface area contributed by atoms with Crippen molar-refractivity contribution in [2.45, 2.75) is 66.2 Å². The first-order valence-electron chi connectivity index (χ1n) is 9.07. The van der Waals surface area contributed by atoms with Crippen LogP contribution in [0.1, 0.15) is 66.2 Å². The highest BCUT2D eigenvalue weighted by Crippen LogP contribution is 2.54. The van der Waals surface area contributed by atoms with E-state index in [9.17, 15) is 9.79 Å². The summed E-state index contributed by atoms with van der Waals surface area (Å²) in [5.41, 5.74) is 3.81. The highest BCUT2D eigenvalue weighted by molar-refractivity contribution is 7.61. The predicted octanol–water partition coefficient (Wildman–Crippen LogP) is 5.02. The largest absolute Gasteiger partial charge is 0.606 e. The summed E-state index contributed by atoms with van der Waals surface area (Å²) >= 11 is 0. The zero-order chi connectivity index (χ0) is 20.7. The Morgan fingerprint density at radius 3 is 2.11 bits per heavy atom. The summed E-state index contributed by atoms with van der Waals surface area (Å²) < 4.78 is 8.85. The molecule has 0 aromatic rings. The molecule has 0 rings (SSSR count). The number of allylic oxidation sites excluding steroid dienone is 7. The summed E-state index contributed by atoms with van der Waals surface area (Å²) in [6.45, 7) is 8.37. The summed E-state index contributed by atoms with van der Waals surface area (Å²) in [6.07, 6.45) is 16.8. The van der Waals surface area contributed by atoms with Crippen molar-refractivity contribution < 1.29 is 28.4 Å². The van der Waals surface area contributed by atoms with Crippen LogP contribution in [-0.4, -0.2) is 21.3 Å². The third kappa shape index (κ3) is 20.1. The molecule has 1 atom stereocenters. The SMILES string of the molecule is CC(C)=CCC/C=C/CC/C(C)=C/CC/C(C)=C/COP(O)O[P+]([O-])(O)O. The van der Waals surface area contributed by atoms with Gasteiger partial charge in [-0.25, -0.2) is 0 Å². The van der Waals surface area contributed by atoms with Crippen molar-refractivity contribution in [3.05, 3.63) is 47.1 Å². The molecule has 0 fully saturated rings. The minimum Gasteiger partial charge on any atom is -0.606 e. The van der Waals surface area contributed by atoms with Gasteiger partial charge in [-0.1, -0.05) is 51.4 Å². The standard InChI is InChI=1S/C19H34O6P2/c1-17(2)11-8-6-5-7-9-12-18(3)13-10-14-19(4)15-16-24-26(20)25-27(21,22)23/h5,7,11,13,15,20H,6,8-10,12,14,16H2,1-4H3,(H2,21,22,23)/b7-5+,18-13+,19-15+. The summed E-state index contributed by atoms with van der Waals surface area (Å²) in [5, 5.41) is 0. The van der Waals surface area contributed by atoms with Crippen molar-refractivity contribution >= 4 is 16.8 Å². The second-order valence-electron chi connectivity index (χ2n) is 6.61. The molecular formula is C19H34O6P2. The molecule has 6 nitrogen and oxygen atoms in total. The van der Waals surface area contributed by atoms with E-state index < -0.39 is 16.8 Å². The minimum absolute atomic E-state index is 0.0499. The van der Waals surface area contributed by atoms with Gasteiger partial charge < -0.3 is 14.3 Å². The van der Waals surface area contributed by atoms with E-state index in [2.05, 4.69) is 49.4 Å². The second kappa shape index (κ2) is 15.5. The monoisotopic (exact) mass is 420 g/mol. The van der Waals surface area contributed by atoms with Crippen LogP contribution in [0.5, 0.6) is 0 Å². The molecule has 0 aromatic carbocycles. The molecule has 1 unspecified atom stereocenters. The van der Waals surface area contributed by atoms with Crippen LogP contribution in [-0.2, 0) is 8.83 Å². The zero-order valence-corrected chi connectivity index (χ0v) is 18.6. The summed E-state index contributed by atoms with van der Waals surface area (Å²) in [7, 11) is -7.29. The van der Waals surface area contributed by atoms with Crippen molar-refractivity contribution in [2.24, 2.45) is 0 Å². The summed E-state index contributed by atoms with van der Waals surface area (Å²) in [4.78, 5) is 36.8. The van der Waals surface area contributed by atoms with Crippen LogP contribution in [0, 0.1) is 0 Å². The maximum atomic E-state index is 10.5. The van der Waals surface area contributed by atoms with Gasteiger partial charge in [-0.2, -0.15) is 9.79 Å². The number of unbranched alkanes of at least 4 members (excludes halogenated alkanes) is 1. The first-order valence-corrected chi connectivity index (χ1v) is 11.7. The van der Waals surface area contributed by atoms with E-state index in [4.69, 9.17) is 14.3 Å². The van der Waals surface area contributed by atoms with E-state index in [1.165, 1.54) is 11.1 Å². The average Bonchev–Trinajstić information content (AvgIpc) is 2.52. The Balaban J connectivity index is 3.91. The number of hydrogen-bond donors (Lipinski definition) is 3. The van der Waals surface area contributed by atoms with Crippen molar-refractivity contribution in [3.63, 3.8) is 0 Å². The summed E-state index contributed by atoms with van der Waals surface area (Å²) in [5.74, 6) is 0. The van der Waals surface area contributed by atoms with Gasteiger partial charge in [0.2, 0.25) is 0 Å². The van der Waals surface area contributed by atoms with Crippen LogP contribution >= 0.6 is 16.8 Å². The zero-order valence-electron chi connectivity index (χ0n) is 16.8. The summed E-state index contributed by atoms with van der Waals surface area (Å²) in [6, 6.07) is 0. The molecule has 0 aliphatic rings. The molecule has 0 spiro atoms. The molecule has 3 N–H and O–H groups in total. The molecule has 156 valence electrons. The number of rotatable bonds is 14. The van der Waals surface area contributed by atoms with Gasteiger partial charge in [0.25, 0.3) is 0 Å². The Morgan fingerprint density at radius 1 is 0.889 bits per heavy atom. The first-order chi connectivity index (χ1) is 12.6. The maximum Gasteiger partial charge on any atom is 0.384 e. The highest BCUT2D eigenvalue weighted by Gasteiger charge is 2.28. The lowest BCUT2D eigenvalue weighted by Gasteiger charge is -2.14. The lowest BCUT2D eigenvalue weighted by Crippen LogP contribution is -2.08. The van der Waals surface area contributed by atoms with Crippen molar-refractivity contribution in [1.29, 1.82) is 0 Å². The Labute approximate surface area is 165 Å². The molecule has 8 heteroatoms. The van der Waals surface area contributed by atoms with Gasteiger partial charge in [-0.3, -0.25) is 0 Å². The molecule has 0 radical (unpaired) electrons. The maximum absolute atomic E-state index is 10.5. The van der Waals surface area contributed by atoms with Crippen LogP contribution in [0.25, 0.3) is 0 Å². The van der Waals surface area contributed by atoms with Crippen molar-refractivity contribution in [3.8, 4) is 0 Å². The lowest BCUT2D eigenvalue weighted by molar-refractivity contribution is -0.228. The molecule has 0 saturated carbocycles. The van der Waals surface area contributed by atoms with Crippen molar-refractivity contribution in [2.75, 3.05) is 6.61 Å². The molecule has 0 saturated heterocycles. The van der Waals surface area contributed by atoms with E-state index in [0.29, 0.717) is 0 Å². The molecule has 0 amide bonds. The topological polar surface area (TPSA) is 102 Å². The fourth-order valence-electron chi connectivity index (χ4n) is 2.12. The van der Waals surface area contributed by atoms with Gasteiger partial charge in [-0.15, -0.1) is 0 Å². The van der Waals surface area contributed by atoms with Crippen LogP contribution in [0.4, 0.5) is 0 Å². The van der Waals surface area contributed by atoms with E-state index >= 15 is 0 Å². The molecule has 0 aromatic heterocycles. The molecule has 0 bridgehead atoms. The molecule has 0 aliphatic carbocycles. The number of phosphoric acid groups is 1. The molecule has 0 heterocycles. The van der Waals surface area contributed by atoms with E-state index in [1.54, 1.807) is 6.08 Å². The normalized spacial score (nSPS) is 14.7. The minimum atomic E-state index is -4.72. The van der Waals surface area contributed by atoms with Crippen molar-refractivity contribution in [1.82, 2.24) is 0 Å². The van der Waals surface area contributed by atoms with Crippen LogP contribution in [0.15, 0.2) is 47.1 Å². The third-order valence-electron chi connectivity index (χ3n) is 3.58. The molecular weight excluding hydrogens is 386 g/mol. The molecule has 0 aliphatic heterocycles. The number of hydrogen-bond acceptors (Lipinski definition) is 6. The van der Waals surface area contributed by atoms with Gasteiger partial charge in [0.05, 0.1) is 6.61 Å². The lowest BCUT2D eigenvalue weighted by atomic mass is 10.1. The Hall–Kier alpha value is -0.420. The Kier molecular flexibility index (Phi) is 15.3.